The topological polar surface area (TPSA) is 54.9 Å². The third-order valence-electron chi connectivity index (χ3n) is 5.48. The zero-order valence-corrected chi connectivity index (χ0v) is 16.4. The Balaban J connectivity index is 1.54. The van der Waals surface area contributed by atoms with Crippen molar-refractivity contribution in [1.29, 1.82) is 0 Å². The van der Waals surface area contributed by atoms with Crippen molar-refractivity contribution >= 4 is 11.7 Å². The molecule has 0 saturated carbocycles. The lowest BCUT2D eigenvalue weighted by atomic mass is 9.80. The Morgan fingerprint density at radius 2 is 1.71 bits per heavy atom. The second-order valence-corrected chi connectivity index (χ2v) is 7.50. The number of ketones is 1. The molecule has 1 heterocycles. The summed E-state index contributed by atoms with van der Waals surface area (Å²) in [6.07, 6.45) is 2.22. The van der Waals surface area contributed by atoms with Crippen LogP contribution in [0, 0.1) is 13.8 Å². The summed E-state index contributed by atoms with van der Waals surface area (Å²) in [7, 11) is 0. The molecule has 0 radical (unpaired) electrons. The van der Waals surface area contributed by atoms with Gasteiger partial charge in [-0.2, -0.15) is 0 Å². The fraction of sp³-hybridized carbons (Fsp3) is 0.292. The number of carbonyl (C=O) groups excluding carboxylic acids is 1. The first-order valence-electron chi connectivity index (χ1n) is 9.86. The van der Waals surface area contributed by atoms with Gasteiger partial charge >= 0.3 is 0 Å². The molecule has 3 aromatic rings. The highest BCUT2D eigenvalue weighted by atomic mass is 16.1. The molecule has 1 aromatic heterocycles. The number of hydrogen-bond donors (Lipinski definition) is 1. The van der Waals surface area contributed by atoms with Crippen molar-refractivity contribution in [3.05, 3.63) is 88.2 Å². The SMILES string of the molecule is Cc1ccccc1C1CC(=O)c2c(C)nc(NCCc3ccccc3)nc2C1. The molecule has 0 bridgehead atoms. The number of fused-ring (bicyclic) bond motifs is 1. The Bertz CT molecular complexity index is 998. The molecule has 28 heavy (non-hydrogen) atoms. The highest BCUT2D eigenvalue weighted by Gasteiger charge is 2.30. The maximum Gasteiger partial charge on any atom is 0.223 e. The fourth-order valence-corrected chi connectivity index (χ4v) is 4.08. The van der Waals surface area contributed by atoms with Crippen LogP contribution in [0.3, 0.4) is 0 Å². The van der Waals surface area contributed by atoms with Gasteiger partial charge in [0.25, 0.3) is 0 Å². The Labute approximate surface area is 166 Å². The van der Waals surface area contributed by atoms with Gasteiger partial charge in [0.05, 0.1) is 17.0 Å². The average molecular weight is 371 g/mol. The van der Waals surface area contributed by atoms with Gasteiger partial charge in [0, 0.05) is 13.0 Å². The first kappa shape index (κ1) is 18.4. The van der Waals surface area contributed by atoms with Crippen molar-refractivity contribution in [2.75, 3.05) is 11.9 Å². The number of rotatable bonds is 5. The predicted octanol–water partition coefficient (Wildman–Crippen LogP) is 4.66. The van der Waals surface area contributed by atoms with E-state index >= 15 is 0 Å². The minimum absolute atomic E-state index is 0.155. The van der Waals surface area contributed by atoms with E-state index in [1.165, 1.54) is 16.7 Å². The van der Waals surface area contributed by atoms with Crippen LogP contribution < -0.4 is 5.32 Å². The first-order chi connectivity index (χ1) is 13.6. The minimum atomic E-state index is 0.155. The molecule has 1 unspecified atom stereocenters. The largest absolute Gasteiger partial charge is 0.354 e. The molecule has 0 aliphatic heterocycles. The van der Waals surface area contributed by atoms with E-state index < -0.39 is 0 Å². The lowest BCUT2D eigenvalue weighted by Gasteiger charge is -2.25. The molecule has 0 spiro atoms. The molecule has 0 fully saturated rings. The normalized spacial score (nSPS) is 15.9. The van der Waals surface area contributed by atoms with Crippen LogP contribution in [0.15, 0.2) is 54.6 Å². The molecular weight excluding hydrogens is 346 g/mol. The smallest absolute Gasteiger partial charge is 0.223 e. The van der Waals surface area contributed by atoms with Crippen LogP contribution >= 0.6 is 0 Å². The number of Topliss-reactive ketones (excluding diaryl/α,β-unsaturated/α-hetero) is 1. The summed E-state index contributed by atoms with van der Waals surface area (Å²) in [5, 5.41) is 3.33. The van der Waals surface area contributed by atoms with Gasteiger partial charge in [-0.3, -0.25) is 4.79 Å². The highest BCUT2D eigenvalue weighted by Crippen LogP contribution is 2.34. The summed E-state index contributed by atoms with van der Waals surface area (Å²) >= 11 is 0. The molecule has 0 amide bonds. The van der Waals surface area contributed by atoms with Gasteiger partial charge in [-0.15, -0.1) is 0 Å². The quantitative estimate of drug-likeness (QED) is 0.709. The number of aryl methyl sites for hydroxylation is 2. The number of carbonyl (C=O) groups is 1. The Kier molecular flexibility index (Phi) is 5.20. The zero-order valence-electron chi connectivity index (χ0n) is 16.4. The molecule has 1 N–H and O–H groups in total. The van der Waals surface area contributed by atoms with Crippen LogP contribution in [-0.4, -0.2) is 22.3 Å². The molecule has 2 aromatic carbocycles. The maximum atomic E-state index is 12.8. The average Bonchev–Trinajstić information content (AvgIpc) is 2.68. The zero-order chi connectivity index (χ0) is 19.5. The summed E-state index contributed by atoms with van der Waals surface area (Å²) < 4.78 is 0. The van der Waals surface area contributed by atoms with Gasteiger partial charge < -0.3 is 5.32 Å². The van der Waals surface area contributed by atoms with Crippen LogP contribution in [0.1, 0.15) is 50.8 Å². The summed E-state index contributed by atoms with van der Waals surface area (Å²) in [6.45, 7) is 4.78. The summed E-state index contributed by atoms with van der Waals surface area (Å²) in [5.41, 5.74) is 6.13. The third-order valence-corrected chi connectivity index (χ3v) is 5.48. The van der Waals surface area contributed by atoms with Gasteiger partial charge in [-0.25, -0.2) is 9.97 Å². The standard InChI is InChI=1S/C24H25N3O/c1-16-8-6-7-11-20(16)19-14-21-23(22(28)15-19)17(2)26-24(27-21)25-13-12-18-9-4-3-5-10-18/h3-11,19H,12-15H2,1-2H3,(H,25,26,27). The van der Waals surface area contributed by atoms with Crippen molar-refractivity contribution in [2.45, 2.75) is 39.0 Å². The van der Waals surface area contributed by atoms with Crippen LogP contribution in [0.4, 0.5) is 5.95 Å². The van der Waals surface area contributed by atoms with Crippen LogP contribution in [0.2, 0.25) is 0 Å². The molecular formula is C24H25N3O. The van der Waals surface area contributed by atoms with Crippen molar-refractivity contribution in [1.82, 2.24) is 9.97 Å². The molecule has 1 aliphatic rings. The van der Waals surface area contributed by atoms with E-state index in [1.54, 1.807) is 0 Å². The number of anilines is 1. The number of nitrogens with zero attached hydrogens (tertiary/aromatic N) is 2. The van der Waals surface area contributed by atoms with Crippen molar-refractivity contribution in [3.8, 4) is 0 Å². The Morgan fingerprint density at radius 1 is 0.964 bits per heavy atom. The van der Waals surface area contributed by atoms with E-state index in [-0.39, 0.29) is 11.7 Å². The van der Waals surface area contributed by atoms with E-state index in [0.717, 1.165) is 36.3 Å². The van der Waals surface area contributed by atoms with Gasteiger partial charge in [0.2, 0.25) is 5.95 Å². The summed E-state index contributed by atoms with van der Waals surface area (Å²) in [5.74, 6) is 0.959. The monoisotopic (exact) mass is 371 g/mol. The lowest BCUT2D eigenvalue weighted by Crippen LogP contribution is -2.23. The van der Waals surface area contributed by atoms with E-state index in [4.69, 9.17) is 4.98 Å². The molecule has 0 saturated heterocycles. The van der Waals surface area contributed by atoms with Gasteiger partial charge in [-0.05, 0) is 49.3 Å². The third kappa shape index (κ3) is 3.81. The minimum Gasteiger partial charge on any atom is -0.354 e. The molecule has 1 aliphatic carbocycles. The second kappa shape index (κ2) is 7.93. The summed E-state index contributed by atoms with van der Waals surface area (Å²) in [6, 6.07) is 18.7. The Morgan fingerprint density at radius 3 is 2.50 bits per heavy atom. The molecule has 4 heteroatoms. The summed E-state index contributed by atoms with van der Waals surface area (Å²) in [4.78, 5) is 22.1. The van der Waals surface area contributed by atoms with Crippen LogP contribution in [-0.2, 0) is 12.8 Å². The lowest BCUT2D eigenvalue weighted by molar-refractivity contribution is 0.0962. The molecule has 142 valence electrons. The Hall–Kier alpha value is -3.01. The van der Waals surface area contributed by atoms with Crippen LogP contribution in [0.25, 0.3) is 0 Å². The maximum absolute atomic E-state index is 12.8. The van der Waals surface area contributed by atoms with E-state index in [2.05, 4.69) is 41.5 Å². The fourth-order valence-electron chi connectivity index (χ4n) is 4.08. The van der Waals surface area contributed by atoms with Crippen molar-refractivity contribution in [3.63, 3.8) is 0 Å². The number of benzene rings is 2. The van der Waals surface area contributed by atoms with E-state index in [9.17, 15) is 4.79 Å². The first-order valence-corrected chi connectivity index (χ1v) is 9.86. The predicted molar refractivity (Wildman–Crippen MR) is 112 cm³/mol. The second-order valence-electron chi connectivity index (χ2n) is 7.50. The number of aromatic nitrogens is 2. The van der Waals surface area contributed by atoms with Gasteiger partial charge in [-0.1, -0.05) is 54.6 Å². The highest BCUT2D eigenvalue weighted by molar-refractivity contribution is 5.99. The number of nitrogens with one attached hydrogen (secondary N) is 1. The molecule has 4 nitrogen and oxygen atoms in total. The molecule has 4 rings (SSSR count). The van der Waals surface area contributed by atoms with Gasteiger partial charge in [0.1, 0.15) is 0 Å². The number of hydrogen-bond acceptors (Lipinski definition) is 4. The van der Waals surface area contributed by atoms with Crippen molar-refractivity contribution in [2.24, 2.45) is 0 Å². The van der Waals surface area contributed by atoms with Gasteiger partial charge in [0.15, 0.2) is 5.78 Å². The molecule has 1 atom stereocenters. The van der Waals surface area contributed by atoms with E-state index in [0.29, 0.717) is 12.4 Å². The van der Waals surface area contributed by atoms with Crippen LogP contribution in [0.5, 0.6) is 0 Å². The van der Waals surface area contributed by atoms with Crippen molar-refractivity contribution < 1.29 is 4.79 Å². The van der Waals surface area contributed by atoms with E-state index in [1.807, 2.05) is 37.3 Å².